The molecule has 0 atom stereocenters. The van der Waals surface area contributed by atoms with Crippen LogP contribution >= 0.6 is 0 Å². The molecule has 2 aromatic rings. The van der Waals surface area contributed by atoms with Gasteiger partial charge in [0.25, 0.3) is 0 Å². The van der Waals surface area contributed by atoms with Crippen LogP contribution in [0.2, 0.25) is 0 Å². The molecule has 0 bridgehead atoms. The summed E-state index contributed by atoms with van der Waals surface area (Å²) in [4.78, 5) is 15.3. The van der Waals surface area contributed by atoms with Crippen molar-refractivity contribution < 1.29 is 9.53 Å². The molecular weight excluding hydrogens is 238 g/mol. The summed E-state index contributed by atoms with van der Waals surface area (Å²) in [6.45, 7) is 0.637. The van der Waals surface area contributed by atoms with E-state index in [0.717, 1.165) is 5.56 Å². The van der Waals surface area contributed by atoms with E-state index in [1.807, 2.05) is 30.5 Å². The van der Waals surface area contributed by atoms with Crippen LogP contribution in [0.15, 0.2) is 47.5 Å². The normalized spacial score (nSPS) is 11.0. The van der Waals surface area contributed by atoms with Gasteiger partial charge in [-0.3, -0.25) is 9.79 Å². The van der Waals surface area contributed by atoms with Gasteiger partial charge in [-0.15, -0.1) is 0 Å². The van der Waals surface area contributed by atoms with Crippen LogP contribution in [0, 0.1) is 0 Å². The number of nitrogens with zero attached hydrogens (tertiary/aromatic N) is 1. The van der Waals surface area contributed by atoms with Crippen LogP contribution in [0.1, 0.15) is 18.4 Å². The van der Waals surface area contributed by atoms with Gasteiger partial charge in [0.05, 0.1) is 7.11 Å². The van der Waals surface area contributed by atoms with E-state index in [-0.39, 0.29) is 5.97 Å². The first kappa shape index (κ1) is 13.3. The summed E-state index contributed by atoms with van der Waals surface area (Å²) in [6.07, 6.45) is 3.01. The first-order chi connectivity index (χ1) is 9.31. The maximum absolute atomic E-state index is 10.9. The lowest BCUT2D eigenvalue weighted by Crippen LogP contribution is -2.00. The highest BCUT2D eigenvalue weighted by atomic mass is 16.5. The second-order valence-electron chi connectivity index (χ2n) is 4.28. The van der Waals surface area contributed by atoms with Crippen LogP contribution in [0.4, 0.5) is 0 Å². The Morgan fingerprint density at radius 1 is 1.21 bits per heavy atom. The molecule has 0 radical (unpaired) electrons. The van der Waals surface area contributed by atoms with Gasteiger partial charge in [-0.1, -0.05) is 42.5 Å². The minimum Gasteiger partial charge on any atom is -0.469 e. The molecule has 0 saturated carbocycles. The maximum atomic E-state index is 10.9. The van der Waals surface area contributed by atoms with Crippen molar-refractivity contribution in [3.8, 4) is 0 Å². The quantitative estimate of drug-likeness (QED) is 0.467. The van der Waals surface area contributed by atoms with Crippen molar-refractivity contribution >= 4 is 23.0 Å². The van der Waals surface area contributed by atoms with Crippen molar-refractivity contribution in [1.29, 1.82) is 0 Å². The second kappa shape index (κ2) is 6.69. The summed E-state index contributed by atoms with van der Waals surface area (Å²) < 4.78 is 4.58. The Balaban J connectivity index is 1.99. The molecule has 0 N–H and O–H groups in total. The number of ether oxygens (including phenoxy) is 1. The highest BCUT2D eigenvalue weighted by molar-refractivity contribution is 5.99. The van der Waals surface area contributed by atoms with E-state index in [1.165, 1.54) is 17.9 Å². The van der Waals surface area contributed by atoms with Gasteiger partial charge in [0.1, 0.15) is 0 Å². The van der Waals surface area contributed by atoms with Crippen LogP contribution in [0.25, 0.3) is 10.8 Å². The second-order valence-corrected chi connectivity index (χ2v) is 4.28. The summed E-state index contributed by atoms with van der Waals surface area (Å²) in [6, 6.07) is 14.4. The minimum atomic E-state index is -0.180. The molecule has 0 aliphatic carbocycles. The zero-order valence-corrected chi connectivity index (χ0v) is 11.0. The van der Waals surface area contributed by atoms with Crippen LogP contribution in [0.5, 0.6) is 0 Å². The molecule has 3 nitrogen and oxygen atoms in total. The largest absolute Gasteiger partial charge is 0.469 e. The Kier molecular flexibility index (Phi) is 4.67. The molecule has 0 aliphatic rings. The zero-order chi connectivity index (χ0) is 13.5. The van der Waals surface area contributed by atoms with Gasteiger partial charge in [-0.05, 0) is 17.2 Å². The molecule has 2 aromatic carbocycles. The van der Waals surface area contributed by atoms with Gasteiger partial charge in [0.15, 0.2) is 0 Å². The molecule has 0 amide bonds. The third-order valence-corrected chi connectivity index (χ3v) is 2.95. The van der Waals surface area contributed by atoms with Crippen molar-refractivity contribution in [3.05, 3.63) is 48.0 Å². The van der Waals surface area contributed by atoms with E-state index in [1.54, 1.807) is 0 Å². The van der Waals surface area contributed by atoms with E-state index < -0.39 is 0 Å². The number of esters is 1. The number of methoxy groups -OCH3 is 1. The highest BCUT2D eigenvalue weighted by Gasteiger charge is 1.99. The Morgan fingerprint density at radius 2 is 2.00 bits per heavy atom. The van der Waals surface area contributed by atoms with Gasteiger partial charge >= 0.3 is 5.97 Å². The number of carbonyl (C=O) groups is 1. The van der Waals surface area contributed by atoms with Crippen molar-refractivity contribution in [2.75, 3.05) is 13.7 Å². The monoisotopic (exact) mass is 255 g/mol. The standard InChI is InChI=1S/C16H17NO2/c1-19-16(18)10-5-11-17-12-14-8-4-7-13-6-2-3-9-15(13)14/h2-4,6-9,12H,5,10-11H2,1H3. The Labute approximate surface area is 112 Å². The smallest absolute Gasteiger partial charge is 0.305 e. The van der Waals surface area contributed by atoms with Gasteiger partial charge in [-0.2, -0.15) is 0 Å². The van der Waals surface area contributed by atoms with Crippen molar-refractivity contribution in [3.63, 3.8) is 0 Å². The van der Waals surface area contributed by atoms with Gasteiger partial charge in [0.2, 0.25) is 0 Å². The summed E-state index contributed by atoms with van der Waals surface area (Å²) in [5.74, 6) is -0.180. The lowest BCUT2D eigenvalue weighted by atomic mass is 10.1. The van der Waals surface area contributed by atoms with Crippen molar-refractivity contribution in [1.82, 2.24) is 0 Å². The Morgan fingerprint density at radius 3 is 2.84 bits per heavy atom. The van der Waals surface area contributed by atoms with E-state index in [4.69, 9.17) is 0 Å². The zero-order valence-electron chi connectivity index (χ0n) is 11.0. The maximum Gasteiger partial charge on any atom is 0.305 e. The molecular formula is C16H17NO2. The predicted molar refractivity (Wildman–Crippen MR) is 77.7 cm³/mol. The van der Waals surface area contributed by atoms with Gasteiger partial charge < -0.3 is 4.74 Å². The summed E-state index contributed by atoms with van der Waals surface area (Å²) >= 11 is 0. The number of rotatable bonds is 5. The van der Waals surface area contributed by atoms with Crippen molar-refractivity contribution in [2.24, 2.45) is 4.99 Å². The average Bonchev–Trinajstić information content (AvgIpc) is 2.46. The molecule has 0 unspecified atom stereocenters. The lowest BCUT2D eigenvalue weighted by molar-refractivity contribution is -0.140. The van der Waals surface area contributed by atoms with E-state index in [9.17, 15) is 4.79 Å². The van der Waals surface area contributed by atoms with E-state index >= 15 is 0 Å². The summed E-state index contributed by atoms with van der Waals surface area (Å²) in [7, 11) is 1.40. The average molecular weight is 255 g/mol. The molecule has 98 valence electrons. The van der Waals surface area contributed by atoms with E-state index in [2.05, 4.69) is 27.9 Å². The molecule has 0 fully saturated rings. The summed E-state index contributed by atoms with van der Waals surface area (Å²) in [5, 5.41) is 2.41. The van der Waals surface area contributed by atoms with Crippen molar-refractivity contribution in [2.45, 2.75) is 12.8 Å². The number of carbonyl (C=O) groups excluding carboxylic acids is 1. The molecule has 0 spiro atoms. The number of hydrogen-bond acceptors (Lipinski definition) is 3. The fourth-order valence-corrected chi connectivity index (χ4v) is 1.94. The molecule has 3 heteroatoms. The van der Waals surface area contributed by atoms with E-state index in [0.29, 0.717) is 19.4 Å². The predicted octanol–water partition coefficient (Wildman–Crippen LogP) is 3.21. The summed E-state index contributed by atoms with van der Waals surface area (Å²) in [5.41, 5.74) is 1.11. The van der Waals surface area contributed by atoms with Crippen LogP contribution in [0.3, 0.4) is 0 Å². The topological polar surface area (TPSA) is 38.7 Å². The van der Waals surface area contributed by atoms with Crippen LogP contribution in [-0.2, 0) is 9.53 Å². The number of benzene rings is 2. The van der Waals surface area contributed by atoms with Crippen LogP contribution in [-0.4, -0.2) is 25.8 Å². The SMILES string of the molecule is COC(=O)CCCN=Cc1cccc2ccccc12. The molecule has 2 rings (SSSR count). The fraction of sp³-hybridized carbons (Fsp3) is 0.250. The van der Waals surface area contributed by atoms with Gasteiger partial charge in [0, 0.05) is 24.7 Å². The highest BCUT2D eigenvalue weighted by Crippen LogP contribution is 2.16. The third kappa shape index (κ3) is 3.65. The van der Waals surface area contributed by atoms with Crippen LogP contribution < -0.4 is 0 Å². The molecule has 0 aliphatic heterocycles. The number of hydrogen-bond donors (Lipinski definition) is 0. The molecule has 0 saturated heterocycles. The molecule has 0 heterocycles. The molecule has 0 aromatic heterocycles. The van der Waals surface area contributed by atoms with Gasteiger partial charge in [-0.25, -0.2) is 0 Å². The minimum absolute atomic E-state index is 0.180. The first-order valence-electron chi connectivity index (χ1n) is 6.35. The Bertz CT molecular complexity index is 585. The Hall–Kier alpha value is -2.16. The number of aliphatic imine (C=N–C) groups is 1. The number of fused-ring (bicyclic) bond motifs is 1. The fourth-order valence-electron chi connectivity index (χ4n) is 1.94. The third-order valence-electron chi connectivity index (χ3n) is 2.95. The first-order valence-corrected chi connectivity index (χ1v) is 6.35. The molecule has 19 heavy (non-hydrogen) atoms. The lowest BCUT2D eigenvalue weighted by Gasteiger charge is -2.01.